The molecule has 0 N–H and O–H groups in total. The molecule has 0 amide bonds. The maximum atomic E-state index is 12.3. The Bertz CT molecular complexity index is 761. The molecule has 1 aliphatic rings. The highest BCUT2D eigenvalue weighted by molar-refractivity contribution is 9.10. The maximum absolute atomic E-state index is 12.3. The van der Waals surface area contributed by atoms with Crippen molar-refractivity contribution in [3.05, 3.63) is 51.8 Å². The number of allylic oxidation sites excluding steroid dienone is 1. The molecule has 0 spiro atoms. The van der Waals surface area contributed by atoms with E-state index in [1.54, 1.807) is 7.11 Å². The summed E-state index contributed by atoms with van der Waals surface area (Å²) in [4.78, 5) is 12.3. The van der Waals surface area contributed by atoms with Gasteiger partial charge in [0.05, 0.1) is 30.4 Å². The van der Waals surface area contributed by atoms with Crippen LogP contribution in [0.3, 0.4) is 0 Å². The van der Waals surface area contributed by atoms with Gasteiger partial charge in [-0.1, -0.05) is 0 Å². The van der Waals surface area contributed by atoms with E-state index >= 15 is 0 Å². The van der Waals surface area contributed by atoms with E-state index in [0.717, 1.165) is 21.3 Å². The minimum absolute atomic E-state index is 0.0778. The van der Waals surface area contributed by atoms with Crippen LogP contribution in [-0.4, -0.2) is 24.1 Å². The fourth-order valence-electron chi connectivity index (χ4n) is 2.60. The third-order valence-electron chi connectivity index (χ3n) is 3.58. The van der Waals surface area contributed by atoms with Crippen molar-refractivity contribution >= 4 is 27.8 Å². The first kappa shape index (κ1) is 14.9. The van der Waals surface area contributed by atoms with E-state index in [1.807, 2.05) is 48.0 Å². The van der Waals surface area contributed by atoms with Crippen molar-refractivity contribution in [2.24, 2.45) is 0 Å². The highest BCUT2D eigenvalue weighted by atomic mass is 79.9. The minimum Gasteiger partial charge on any atom is -0.493 e. The summed E-state index contributed by atoms with van der Waals surface area (Å²) in [6.45, 7) is 3.09. The largest absolute Gasteiger partial charge is 0.493 e. The molecule has 0 saturated heterocycles. The van der Waals surface area contributed by atoms with E-state index in [9.17, 15) is 4.79 Å². The van der Waals surface area contributed by atoms with Crippen LogP contribution >= 0.6 is 15.9 Å². The topological polar surface area (TPSA) is 40.5 Å². The molecule has 0 aliphatic carbocycles. The standard InChI is InChI=1S/C17H16BrNO3/c1-3-22-17-13(18)8-11(9-15(17)21-2)7-12-10-19-6-4-5-14(19)16(12)20/h4-9H,3,10H2,1-2H3/b12-7-. The minimum atomic E-state index is 0.0778. The van der Waals surface area contributed by atoms with Crippen LogP contribution in [0.25, 0.3) is 6.08 Å². The number of ether oxygens (including phenoxy) is 2. The lowest BCUT2D eigenvalue weighted by atomic mass is 10.1. The van der Waals surface area contributed by atoms with Gasteiger partial charge in [0.15, 0.2) is 11.5 Å². The third kappa shape index (κ3) is 2.57. The molecule has 114 valence electrons. The van der Waals surface area contributed by atoms with Crippen LogP contribution in [0.15, 0.2) is 40.5 Å². The number of halogens is 1. The summed E-state index contributed by atoms with van der Waals surface area (Å²) >= 11 is 3.50. The molecule has 0 atom stereocenters. The molecule has 0 radical (unpaired) electrons. The zero-order valence-electron chi connectivity index (χ0n) is 12.4. The molecule has 1 aromatic heterocycles. The van der Waals surface area contributed by atoms with Gasteiger partial charge in [0.25, 0.3) is 0 Å². The molecule has 3 rings (SSSR count). The number of aromatic nitrogens is 1. The van der Waals surface area contributed by atoms with Gasteiger partial charge in [-0.05, 0) is 58.8 Å². The molecule has 0 fully saturated rings. The molecule has 4 nitrogen and oxygen atoms in total. The van der Waals surface area contributed by atoms with Crippen LogP contribution in [-0.2, 0) is 6.54 Å². The van der Waals surface area contributed by atoms with E-state index in [-0.39, 0.29) is 5.78 Å². The summed E-state index contributed by atoms with van der Waals surface area (Å²) in [6, 6.07) is 7.55. The Morgan fingerprint density at radius 2 is 2.23 bits per heavy atom. The zero-order valence-corrected chi connectivity index (χ0v) is 14.0. The predicted octanol–water partition coefficient (Wildman–Crippen LogP) is 3.94. The second kappa shape index (κ2) is 6.01. The van der Waals surface area contributed by atoms with Gasteiger partial charge in [0, 0.05) is 11.8 Å². The average molecular weight is 362 g/mol. The zero-order chi connectivity index (χ0) is 15.7. The smallest absolute Gasteiger partial charge is 0.207 e. The number of Topliss-reactive ketones (excluding diaryl/α,β-unsaturated/α-hetero) is 1. The van der Waals surface area contributed by atoms with Gasteiger partial charge in [-0.25, -0.2) is 0 Å². The van der Waals surface area contributed by atoms with Crippen molar-refractivity contribution < 1.29 is 14.3 Å². The molecule has 5 heteroatoms. The summed E-state index contributed by atoms with van der Waals surface area (Å²) in [5, 5.41) is 0. The Balaban J connectivity index is 1.97. The quantitative estimate of drug-likeness (QED) is 0.774. The first-order chi connectivity index (χ1) is 10.6. The first-order valence-corrected chi connectivity index (χ1v) is 7.84. The monoisotopic (exact) mass is 361 g/mol. The first-order valence-electron chi connectivity index (χ1n) is 7.04. The number of hydrogen-bond donors (Lipinski definition) is 0. The Kier molecular flexibility index (Phi) is 4.07. The SMILES string of the molecule is CCOc1c(Br)cc(/C=C2/Cn3cccc3C2=O)cc1OC. The third-order valence-corrected chi connectivity index (χ3v) is 4.16. The number of nitrogens with zero attached hydrogens (tertiary/aromatic N) is 1. The fourth-order valence-corrected chi connectivity index (χ4v) is 3.17. The second-order valence-electron chi connectivity index (χ2n) is 4.99. The highest BCUT2D eigenvalue weighted by Crippen LogP contribution is 2.37. The normalized spacial score (nSPS) is 15.2. The van der Waals surface area contributed by atoms with Gasteiger partial charge >= 0.3 is 0 Å². The van der Waals surface area contributed by atoms with Crippen molar-refractivity contribution in [2.75, 3.05) is 13.7 Å². The summed E-state index contributed by atoms with van der Waals surface area (Å²) in [6.07, 6.45) is 3.82. The molecule has 1 aromatic carbocycles. The highest BCUT2D eigenvalue weighted by Gasteiger charge is 2.24. The molecule has 22 heavy (non-hydrogen) atoms. The van der Waals surface area contributed by atoms with Gasteiger partial charge < -0.3 is 14.0 Å². The summed E-state index contributed by atoms with van der Waals surface area (Å²) in [5.74, 6) is 1.40. The van der Waals surface area contributed by atoms with Crippen LogP contribution < -0.4 is 9.47 Å². The van der Waals surface area contributed by atoms with Gasteiger partial charge in [0.1, 0.15) is 0 Å². The van der Waals surface area contributed by atoms with E-state index in [2.05, 4.69) is 15.9 Å². The second-order valence-corrected chi connectivity index (χ2v) is 5.84. The fraction of sp³-hybridized carbons (Fsp3) is 0.235. The number of carbonyl (C=O) groups is 1. The molecule has 2 aromatic rings. The molecule has 0 saturated carbocycles. The number of rotatable bonds is 4. The number of benzene rings is 1. The number of carbonyl (C=O) groups excluding carboxylic acids is 1. The Hall–Kier alpha value is -2.01. The molecule has 0 bridgehead atoms. The average Bonchev–Trinajstić information content (AvgIpc) is 3.06. The van der Waals surface area contributed by atoms with Crippen LogP contribution in [0, 0.1) is 0 Å². The molecule has 2 heterocycles. The van der Waals surface area contributed by atoms with Crippen LogP contribution in [0.2, 0.25) is 0 Å². The lowest BCUT2D eigenvalue weighted by Gasteiger charge is -2.12. The number of ketones is 1. The van der Waals surface area contributed by atoms with Crippen LogP contribution in [0.1, 0.15) is 23.0 Å². The van der Waals surface area contributed by atoms with E-state index in [4.69, 9.17) is 9.47 Å². The van der Waals surface area contributed by atoms with Gasteiger partial charge in [-0.2, -0.15) is 0 Å². The lowest BCUT2D eigenvalue weighted by Crippen LogP contribution is -1.98. The molecular weight excluding hydrogens is 346 g/mol. The summed E-state index contributed by atoms with van der Waals surface area (Å²) < 4.78 is 13.7. The van der Waals surface area contributed by atoms with Gasteiger partial charge in [-0.3, -0.25) is 4.79 Å². The maximum Gasteiger partial charge on any atom is 0.207 e. The van der Waals surface area contributed by atoms with Crippen molar-refractivity contribution in [1.82, 2.24) is 4.57 Å². The number of hydrogen-bond acceptors (Lipinski definition) is 3. The summed E-state index contributed by atoms with van der Waals surface area (Å²) in [7, 11) is 1.60. The predicted molar refractivity (Wildman–Crippen MR) is 88.6 cm³/mol. The molecule has 1 aliphatic heterocycles. The Labute approximate surface area is 137 Å². The van der Waals surface area contributed by atoms with E-state index in [1.165, 1.54) is 0 Å². The van der Waals surface area contributed by atoms with Gasteiger partial charge in [0.2, 0.25) is 5.78 Å². The van der Waals surface area contributed by atoms with Crippen LogP contribution in [0.4, 0.5) is 0 Å². The molecular formula is C17H16BrNO3. The van der Waals surface area contributed by atoms with Crippen LogP contribution in [0.5, 0.6) is 11.5 Å². The number of methoxy groups -OCH3 is 1. The summed E-state index contributed by atoms with van der Waals surface area (Å²) in [5.41, 5.74) is 2.42. The van der Waals surface area contributed by atoms with E-state index in [0.29, 0.717) is 24.7 Å². The molecule has 0 unspecified atom stereocenters. The van der Waals surface area contributed by atoms with Crippen molar-refractivity contribution in [2.45, 2.75) is 13.5 Å². The Morgan fingerprint density at radius 3 is 2.91 bits per heavy atom. The van der Waals surface area contributed by atoms with E-state index < -0.39 is 0 Å². The number of fused-ring (bicyclic) bond motifs is 1. The lowest BCUT2D eigenvalue weighted by molar-refractivity contribution is 0.103. The van der Waals surface area contributed by atoms with Crippen molar-refractivity contribution in [3.8, 4) is 11.5 Å². The Morgan fingerprint density at radius 1 is 1.41 bits per heavy atom. The van der Waals surface area contributed by atoms with Gasteiger partial charge in [-0.15, -0.1) is 0 Å². The van der Waals surface area contributed by atoms with Crippen molar-refractivity contribution in [3.63, 3.8) is 0 Å². The van der Waals surface area contributed by atoms with Crippen molar-refractivity contribution in [1.29, 1.82) is 0 Å².